The van der Waals surface area contributed by atoms with Crippen molar-refractivity contribution >= 4 is 28.8 Å². The summed E-state index contributed by atoms with van der Waals surface area (Å²) in [7, 11) is 1.66. The van der Waals surface area contributed by atoms with Crippen LogP contribution >= 0.6 is 22.9 Å². The molecule has 2 aromatic carbocycles. The van der Waals surface area contributed by atoms with Gasteiger partial charge in [-0.2, -0.15) is 0 Å². The van der Waals surface area contributed by atoms with Gasteiger partial charge in [0, 0.05) is 34.7 Å². The molecule has 0 spiro atoms. The molecule has 34 heavy (non-hydrogen) atoms. The number of thiazole rings is 1. The molecule has 176 valence electrons. The van der Waals surface area contributed by atoms with Crippen molar-refractivity contribution < 1.29 is 9.53 Å². The second-order valence-corrected chi connectivity index (χ2v) is 9.41. The Bertz CT molecular complexity index is 1260. The average molecular weight is 494 g/mol. The lowest BCUT2D eigenvalue weighted by Gasteiger charge is -2.11. The largest absolute Gasteiger partial charge is 0.497 e. The number of carbonyl (C=O) groups excluding carboxylic acids is 1. The Hall–Kier alpha value is -3.09. The lowest BCUT2D eigenvalue weighted by Crippen LogP contribution is -2.24. The molecule has 0 bridgehead atoms. The minimum atomic E-state index is -0.0485. The van der Waals surface area contributed by atoms with Gasteiger partial charge in [-0.3, -0.25) is 4.79 Å². The zero-order valence-corrected chi connectivity index (χ0v) is 21.2. The predicted octanol–water partition coefficient (Wildman–Crippen LogP) is 6.83. The van der Waals surface area contributed by atoms with Crippen molar-refractivity contribution in [1.29, 1.82) is 0 Å². The Kier molecular flexibility index (Phi) is 7.70. The number of benzene rings is 2. The second-order valence-electron chi connectivity index (χ2n) is 8.12. The molecule has 2 heterocycles. The first-order valence-corrected chi connectivity index (χ1v) is 12.6. The highest BCUT2D eigenvalue weighted by atomic mass is 35.5. The Morgan fingerprint density at radius 3 is 2.56 bits per heavy atom. The van der Waals surface area contributed by atoms with Gasteiger partial charge < -0.3 is 14.6 Å². The van der Waals surface area contributed by atoms with E-state index in [9.17, 15) is 4.79 Å². The number of carbonyl (C=O) groups is 1. The van der Waals surface area contributed by atoms with E-state index in [0.717, 1.165) is 51.8 Å². The number of hydrogen-bond donors (Lipinski definition) is 1. The normalized spacial score (nSPS) is 10.9. The van der Waals surface area contributed by atoms with Gasteiger partial charge >= 0.3 is 0 Å². The molecule has 0 aliphatic carbocycles. The summed E-state index contributed by atoms with van der Waals surface area (Å²) in [6, 6.07) is 17.6. The molecule has 0 saturated carbocycles. The zero-order valence-electron chi connectivity index (χ0n) is 19.6. The molecule has 4 aromatic rings. The standard InChI is InChI=1S/C27H28ClN3O2S/c1-4-5-14-29-26(32)23-15-25(31(18(23)2)16-19-6-10-21(28)11-7-19)24-17-34-27(30-24)20-8-12-22(33-3)13-9-20/h6-13,15,17H,4-5,14,16H2,1-3H3,(H,29,32). The van der Waals surface area contributed by atoms with E-state index in [0.29, 0.717) is 23.7 Å². The molecule has 1 amide bonds. The maximum Gasteiger partial charge on any atom is 0.253 e. The fourth-order valence-electron chi connectivity index (χ4n) is 3.79. The average Bonchev–Trinajstić information content (AvgIpc) is 3.46. The summed E-state index contributed by atoms with van der Waals surface area (Å²) in [5, 5.41) is 6.72. The quantitative estimate of drug-likeness (QED) is 0.260. The first-order valence-electron chi connectivity index (χ1n) is 11.3. The topological polar surface area (TPSA) is 56.1 Å². The molecule has 4 rings (SSSR count). The first kappa shape index (κ1) is 24.0. The number of unbranched alkanes of at least 4 members (excludes halogenated alkanes) is 1. The molecule has 0 aliphatic heterocycles. The van der Waals surface area contributed by atoms with Crippen molar-refractivity contribution in [3.05, 3.63) is 81.8 Å². The monoisotopic (exact) mass is 493 g/mol. The number of ether oxygens (including phenoxy) is 1. The number of amides is 1. The molecule has 0 aliphatic rings. The van der Waals surface area contributed by atoms with Crippen molar-refractivity contribution in [2.75, 3.05) is 13.7 Å². The summed E-state index contributed by atoms with van der Waals surface area (Å²) in [4.78, 5) is 17.9. The van der Waals surface area contributed by atoms with Crippen LogP contribution in [0, 0.1) is 6.92 Å². The number of hydrogen-bond acceptors (Lipinski definition) is 4. The van der Waals surface area contributed by atoms with Crippen LogP contribution in [0.25, 0.3) is 22.0 Å². The molecule has 0 saturated heterocycles. The summed E-state index contributed by atoms with van der Waals surface area (Å²) in [6.07, 6.45) is 2.00. The number of halogens is 1. The van der Waals surface area contributed by atoms with Crippen LogP contribution in [0.3, 0.4) is 0 Å². The molecule has 0 radical (unpaired) electrons. The number of methoxy groups -OCH3 is 1. The van der Waals surface area contributed by atoms with Crippen molar-refractivity contribution in [3.63, 3.8) is 0 Å². The molecular formula is C27H28ClN3O2S. The number of aromatic nitrogens is 2. The number of nitrogens with one attached hydrogen (secondary N) is 1. The molecule has 1 N–H and O–H groups in total. The zero-order chi connectivity index (χ0) is 24.1. The Morgan fingerprint density at radius 1 is 1.15 bits per heavy atom. The molecule has 2 aromatic heterocycles. The molecule has 0 fully saturated rings. The third-order valence-electron chi connectivity index (χ3n) is 5.78. The van der Waals surface area contributed by atoms with E-state index < -0.39 is 0 Å². The molecule has 0 atom stereocenters. The van der Waals surface area contributed by atoms with Crippen LogP contribution in [0.5, 0.6) is 5.75 Å². The van der Waals surface area contributed by atoms with E-state index in [1.807, 2.05) is 66.9 Å². The smallest absolute Gasteiger partial charge is 0.253 e. The highest BCUT2D eigenvalue weighted by Crippen LogP contribution is 2.32. The van der Waals surface area contributed by atoms with Crippen LogP contribution in [-0.4, -0.2) is 29.1 Å². The van der Waals surface area contributed by atoms with E-state index in [2.05, 4.69) is 16.8 Å². The highest BCUT2D eigenvalue weighted by molar-refractivity contribution is 7.13. The lowest BCUT2D eigenvalue weighted by atomic mass is 10.2. The van der Waals surface area contributed by atoms with Gasteiger partial charge in [0.1, 0.15) is 10.8 Å². The van der Waals surface area contributed by atoms with E-state index in [4.69, 9.17) is 21.3 Å². The van der Waals surface area contributed by atoms with E-state index >= 15 is 0 Å². The van der Waals surface area contributed by atoms with Gasteiger partial charge in [-0.1, -0.05) is 37.1 Å². The third-order valence-corrected chi connectivity index (χ3v) is 6.93. The van der Waals surface area contributed by atoms with Gasteiger partial charge in [-0.15, -0.1) is 11.3 Å². The molecule has 7 heteroatoms. The van der Waals surface area contributed by atoms with E-state index in [1.165, 1.54) is 0 Å². The SMILES string of the molecule is CCCCNC(=O)c1cc(-c2csc(-c3ccc(OC)cc3)n2)n(Cc2ccc(Cl)cc2)c1C. The van der Waals surface area contributed by atoms with Gasteiger partial charge in [0.25, 0.3) is 5.91 Å². The fourth-order valence-corrected chi connectivity index (χ4v) is 4.74. The van der Waals surface area contributed by atoms with Crippen LogP contribution in [0.1, 0.15) is 41.4 Å². The van der Waals surface area contributed by atoms with Crippen molar-refractivity contribution in [1.82, 2.24) is 14.9 Å². The molecule has 5 nitrogen and oxygen atoms in total. The summed E-state index contributed by atoms with van der Waals surface area (Å²) >= 11 is 7.67. The summed E-state index contributed by atoms with van der Waals surface area (Å²) in [6.45, 7) is 5.40. The van der Waals surface area contributed by atoms with Gasteiger partial charge in [-0.05, 0) is 61.4 Å². The Labute approximate surface area is 209 Å². The Morgan fingerprint density at radius 2 is 1.88 bits per heavy atom. The third kappa shape index (κ3) is 5.34. The minimum absolute atomic E-state index is 0.0485. The fraction of sp³-hybridized carbons (Fsp3) is 0.259. The predicted molar refractivity (Wildman–Crippen MR) is 140 cm³/mol. The highest BCUT2D eigenvalue weighted by Gasteiger charge is 2.20. The summed E-state index contributed by atoms with van der Waals surface area (Å²) in [5.74, 6) is 0.763. The Balaban J connectivity index is 1.71. The van der Waals surface area contributed by atoms with E-state index in [-0.39, 0.29) is 5.91 Å². The van der Waals surface area contributed by atoms with Gasteiger partial charge in [0.15, 0.2) is 0 Å². The van der Waals surface area contributed by atoms with Crippen LogP contribution < -0.4 is 10.1 Å². The van der Waals surface area contributed by atoms with Crippen molar-refractivity contribution in [2.45, 2.75) is 33.2 Å². The lowest BCUT2D eigenvalue weighted by molar-refractivity contribution is 0.0952. The van der Waals surface area contributed by atoms with Crippen LogP contribution in [0.4, 0.5) is 0 Å². The summed E-state index contributed by atoms with van der Waals surface area (Å²) < 4.78 is 7.42. The maximum absolute atomic E-state index is 12.9. The van der Waals surface area contributed by atoms with Gasteiger partial charge in [0.2, 0.25) is 0 Å². The van der Waals surface area contributed by atoms with Crippen molar-refractivity contribution in [2.24, 2.45) is 0 Å². The summed E-state index contributed by atoms with van der Waals surface area (Å²) in [5.41, 5.74) is 5.50. The number of rotatable bonds is 9. The molecular weight excluding hydrogens is 466 g/mol. The number of nitrogens with zero attached hydrogens (tertiary/aromatic N) is 2. The van der Waals surface area contributed by atoms with E-state index in [1.54, 1.807) is 18.4 Å². The minimum Gasteiger partial charge on any atom is -0.497 e. The van der Waals surface area contributed by atoms with Crippen molar-refractivity contribution in [3.8, 4) is 27.7 Å². The first-order chi connectivity index (χ1) is 16.5. The van der Waals surface area contributed by atoms with Gasteiger partial charge in [-0.25, -0.2) is 4.98 Å². The second kappa shape index (κ2) is 10.9. The van der Waals surface area contributed by atoms with Crippen LogP contribution in [0.2, 0.25) is 5.02 Å². The van der Waals surface area contributed by atoms with Crippen LogP contribution in [-0.2, 0) is 6.54 Å². The van der Waals surface area contributed by atoms with Gasteiger partial charge in [0.05, 0.1) is 24.1 Å². The maximum atomic E-state index is 12.9. The van der Waals surface area contributed by atoms with Crippen LogP contribution in [0.15, 0.2) is 60.0 Å². The molecule has 0 unspecified atom stereocenters.